The van der Waals surface area contributed by atoms with Gasteiger partial charge in [0, 0.05) is 0 Å². The van der Waals surface area contributed by atoms with Gasteiger partial charge in [-0.05, 0) is 0 Å². The first-order valence-electron chi connectivity index (χ1n) is 4.52. The molecule has 0 bridgehead atoms. The monoisotopic (exact) mass is 390 g/mol. The summed E-state index contributed by atoms with van der Waals surface area (Å²) in [5.41, 5.74) is 1.30. The second-order valence-electron chi connectivity index (χ2n) is 3.32. The first-order valence-corrected chi connectivity index (χ1v) is 13.2. The molecule has 0 saturated heterocycles. The molecule has 78 valence electrons. The second kappa shape index (κ2) is 5.67. The number of methoxy groups -OCH3 is 2. The van der Waals surface area contributed by atoms with Gasteiger partial charge in [-0.2, -0.15) is 0 Å². The van der Waals surface area contributed by atoms with Gasteiger partial charge in [-0.25, -0.2) is 0 Å². The number of hydrogen-bond donors (Lipinski definition) is 0. The summed E-state index contributed by atoms with van der Waals surface area (Å²) in [7, 11) is 3.43. The molecule has 1 aromatic carbocycles. The van der Waals surface area contributed by atoms with Crippen LogP contribution in [0.15, 0.2) is 18.2 Å². The van der Waals surface area contributed by atoms with Gasteiger partial charge in [-0.1, -0.05) is 0 Å². The van der Waals surface area contributed by atoms with Gasteiger partial charge in [0.1, 0.15) is 0 Å². The zero-order valence-corrected chi connectivity index (χ0v) is 12.7. The van der Waals surface area contributed by atoms with Crippen LogP contribution < -0.4 is 8.01 Å². The Morgan fingerprint density at radius 3 is 2.43 bits per heavy atom. The molecular formula is C11H17BiO2. The molecule has 0 aromatic heterocycles. The first kappa shape index (κ1) is 11.9. The van der Waals surface area contributed by atoms with E-state index in [4.69, 9.17) is 9.47 Å². The fourth-order valence-electron chi connectivity index (χ4n) is 1.40. The maximum absolute atomic E-state index is 5.20. The average Bonchev–Trinajstić information content (AvgIpc) is 2.17. The van der Waals surface area contributed by atoms with Crippen LogP contribution in [-0.2, 0) is 11.3 Å². The van der Waals surface area contributed by atoms with Crippen molar-refractivity contribution in [2.45, 2.75) is 15.9 Å². The molecule has 0 fully saturated rings. The van der Waals surface area contributed by atoms with Crippen molar-refractivity contribution in [2.75, 3.05) is 14.2 Å². The van der Waals surface area contributed by atoms with Gasteiger partial charge < -0.3 is 0 Å². The van der Waals surface area contributed by atoms with Gasteiger partial charge in [0.25, 0.3) is 0 Å². The molecule has 0 amide bonds. The van der Waals surface area contributed by atoms with Crippen LogP contribution in [0.25, 0.3) is 0 Å². The summed E-state index contributed by atoms with van der Waals surface area (Å²) < 4.78 is 16.7. The summed E-state index contributed by atoms with van der Waals surface area (Å²) in [5.74, 6) is 0.923. The van der Waals surface area contributed by atoms with Gasteiger partial charge in [0.2, 0.25) is 0 Å². The van der Waals surface area contributed by atoms with Gasteiger partial charge in [0.05, 0.1) is 0 Å². The van der Waals surface area contributed by atoms with Crippen LogP contribution in [-0.4, -0.2) is 36.0 Å². The van der Waals surface area contributed by atoms with E-state index in [0.29, 0.717) is 6.61 Å². The van der Waals surface area contributed by atoms with E-state index in [1.807, 2.05) is 6.07 Å². The first-order chi connectivity index (χ1) is 6.69. The van der Waals surface area contributed by atoms with Gasteiger partial charge in [0.15, 0.2) is 0 Å². The molecule has 0 aliphatic heterocycles. The SMILES string of the molecule is COCc1cc(OC)cc[c]1[Bi]([CH3])[CH3]. The van der Waals surface area contributed by atoms with Crippen LogP contribution >= 0.6 is 0 Å². The van der Waals surface area contributed by atoms with E-state index in [2.05, 4.69) is 21.4 Å². The van der Waals surface area contributed by atoms with Crippen molar-refractivity contribution in [3.8, 4) is 5.75 Å². The molecule has 0 radical (unpaired) electrons. The van der Waals surface area contributed by atoms with E-state index in [-0.39, 0.29) is 0 Å². The Morgan fingerprint density at radius 2 is 1.93 bits per heavy atom. The molecule has 0 unspecified atom stereocenters. The number of ether oxygens (including phenoxy) is 2. The zero-order chi connectivity index (χ0) is 10.6. The summed E-state index contributed by atoms with van der Waals surface area (Å²) in [5, 5.41) is 0. The molecule has 1 aromatic rings. The molecule has 3 heteroatoms. The summed E-state index contributed by atoms with van der Waals surface area (Å²) in [4.78, 5) is 0. The van der Waals surface area contributed by atoms with Crippen molar-refractivity contribution in [3.05, 3.63) is 23.8 Å². The Hall–Kier alpha value is -0.137. The zero-order valence-electron chi connectivity index (χ0n) is 9.20. The van der Waals surface area contributed by atoms with Crippen molar-refractivity contribution in [3.63, 3.8) is 0 Å². The van der Waals surface area contributed by atoms with E-state index in [1.165, 1.54) is 8.83 Å². The Labute approximate surface area is 93.9 Å². The maximum atomic E-state index is 5.20. The molecule has 0 aliphatic rings. The number of rotatable bonds is 4. The molecule has 0 heterocycles. The summed E-state index contributed by atoms with van der Waals surface area (Å²) in [6.45, 7) is 0.694. The van der Waals surface area contributed by atoms with E-state index in [1.54, 1.807) is 14.2 Å². The Kier molecular flexibility index (Phi) is 4.84. The van der Waals surface area contributed by atoms with Gasteiger partial charge in [-0.3, -0.25) is 0 Å². The topological polar surface area (TPSA) is 18.5 Å². The molecule has 0 N–H and O–H groups in total. The minimum absolute atomic E-state index is 0.694. The molecule has 0 spiro atoms. The van der Waals surface area contributed by atoms with Crippen LogP contribution in [0.3, 0.4) is 0 Å². The minimum atomic E-state index is -1.37. The van der Waals surface area contributed by atoms with Crippen LogP contribution in [0.2, 0.25) is 9.26 Å². The average molecular weight is 390 g/mol. The molecule has 0 saturated carbocycles. The molecule has 0 aliphatic carbocycles. The van der Waals surface area contributed by atoms with Crippen LogP contribution in [0.4, 0.5) is 0 Å². The third kappa shape index (κ3) is 2.93. The van der Waals surface area contributed by atoms with E-state index in [0.717, 1.165) is 5.75 Å². The molecule has 0 atom stereocenters. The quantitative estimate of drug-likeness (QED) is 0.731. The van der Waals surface area contributed by atoms with Crippen LogP contribution in [0.1, 0.15) is 5.56 Å². The number of benzene rings is 1. The van der Waals surface area contributed by atoms with Crippen molar-refractivity contribution < 1.29 is 9.47 Å². The van der Waals surface area contributed by atoms with E-state index in [9.17, 15) is 0 Å². The standard InChI is InChI=1S/C9H11O2.2CH3.Bi/c1-10-7-8-4-3-5-9(6-8)11-2;;;/h3,5-6H,7H2,1-2H3;2*1H3;. The van der Waals surface area contributed by atoms with Gasteiger partial charge >= 0.3 is 94.1 Å². The molecular weight excluding hydrogens is 373 g/mol. The summed E-state index contributed by atoms with van der Waals surface area (Å²) in [6, 6.07) is 6.34. The fourth-order valence-corrected chi connectivity index (χ4v) is 5.58. The van der Waals surface area contributed by atoms with Crippen LogP contribution in [0, 0.1) is 0 Å². The Balaban J connectivity index is 3.03. The van der Waals surface area contributed by atoms with Crippen LogP contribution in [0.5, 0.6) is 5.75 Å². The Morgan fingerprint density at radius 1 is 1.21 bits per heavy atom. The molecule has 1 rings (SSSR count). The summed E-state index contributed by atoms with van der Waals surface area (Å²) in [6.07, 6.45) is 0. The third-order valence-corrected chi connectivity index (χ3v) is 7.51. The van der Waals surface area contributed by atoms with Crippen molar-refractivity contribution in [1.82, 2.24) is 0 Å². The van der Waals surface area contributed by atoms with Crippen molar-refractivity contribution >= 4 is 25.0 Å². The predicted molar refractivity (Wildman–Crippen MR) is 60.8 cm³/mol. The van der Waals surface area contributed by atoms with Crippen molar-refractivity contribution in [2.24, 2.45) is 0 Å². The normalized spacial score (nSPS) is 10.6. The predicted octanol–water partition coefficient (Wildman–Crippen LogP) is 1.80. The fraction of sp³-hybridized carbons (Fsp3) is 0.455. The second-order valence-corrected chi connectivity index (χ2v) is 12.1. The molecule has 2 nitrogen and oxygen atoms in total. The third-order valence-electron chi connectivity index (χ3n) is 2.07. The number of hydrogen-bond acceptors (Lipinski definition) is 2. The Bertz CT molecular complexity index is 297. The molecule has 14 heavy (non-hydrogen) atoms. The summed E-state index contributed by atoms with van der Waals surface area (Å²) >= 11 is -1.37. The van der Waals surface area contributed by atoms with Crippen molar-refractivity contribution in [1.29, 1.82) is 0 Å². The van der Waals surface area contributed by atoms with E-state index < -0.39 is 21.8 Å². The van der Waals surface area contributed by atoms with Gasteiger partial charge in [-0.15, -0.1) is 0 Å². The van der Waals surface area contributed by atoms with E-state index >= 15 is 0 Å².